The Kier molecular flexibility index (Phi) is 20.2. The normalized spacial score (nSPS) is 13.6. The number of hydrogen-bond donors (Lipinski definition) is 0. The molecular weight excluding hydrogens is 512 g/mol. The molecule has 230 valence electrons. The maximum Gasteiger partial charge on any atom is 0.508 e. The molecule has 0 aliphatic carbocycles. The van der Waals surface area contributed by atoms with Crippen LogP contribution in [0.4, 0.5) is 0 Å². The van der Waals surface area contributed by atoms with E-state index in [4.69, 9.17) is 26.6 Å². The predicted molar refractivity (Wildman–Crippen MR) is 164 cm³/mol. The van der Waals surface area contributed by atoms with Gasteiger partial charge in [0.1, 0.15) is 0 Å². The molecule has 0 unspecified atom stereocenters. The third-order valence-corrected chi connectivity index (χ3v) is 13.5. The SMILES string of the molecule is CCCCCC([Si](OCC(C)C)(OCC(C)C)OCC(C)C)[Si](OCC(C)C)(OCC(C)C)OCC(C)C. The first-order valence-corrected chi connectivity index (χ1v) is 19.1. The van der Waals surface area contributed by atoms with Crippen LogP contribution in [0.3, 0.4) is 0 Å². The summed E-state index contributed by atoms with van der Waals surface area (Å²) in [5.74, 6) is 2.11. The monoisotopic (exact) mass is 578 g/mol. The average Bonchev–Trinajstić information content (AvgIpc) is 2.81. The molecule has 38 heavy (non-hydrogen) atoms. The van der Waals surface area contributed by atoms with Gasteiger partial charge in [0, 0.05) is 39.6 Å². The molecule has 6 nitrogen and oxygen atoms in total. The first-order chi connectivity index (χ1) is 17.7. The van der Waals surface area contributed by atoms with Crippen molar-refractivity contribution in [2.45, 2.75) is 121 Å². The summed E-state index contributed by atoms with van der Waals surface area (Å²) in [5.41, 5.74) is 0. The van der Waals surface area contributed by atoms with Gasteiger partial charge < -0.3 is 26.6 Å². The van der Waals surface area contributed by atoms with Crippen LogP contribution in [-0.2, 0) is 26.6 Å². The topological polar surface area (TPSA) is 55.4 Å². The highest BCUT2D eigenvalue weighted by Gasteiger charge is 2.66. The van der Waals surface area contributed by atoms with E-state index in [0.717, 1.165) is 25.7 Å². The zero-order valence-corrected chi connectivity index (χ0v) is 29.6. The number of hydrogen-bond acceptors (Lipinski definition) is 6. The van der Waals surface area contributed by atoms with Gasteiger partial charge in [-0.25, -0.2) is 0 Å². The first-order valence-electron chi connectivity index (χ1n) is 15.5. The zero-order chi connectivity index (χ0) is 29.4. The van der Waals surface area contributed by atoms with E-state index >= 15 is 0 Å². The van der Waals surface area contributed by atoms with Gasteiger partial charge in [-0.1, -0.05) is 109 Å². The maximum absolute atomic E-state index is 6.90. The smallest absolute Gasteiger partial charge is 0.373 e. The van der Waals surface area contributed by atoms with Crippen LogP contribution in [-0.4, -0.2) is 57.3 Å². The summed E-state index contributed by atoms with van der Waals surface area (Å²) < 4.78 is 41.4. The Morgan fingerprint density at radius 2 is 0.632 bits per heavy atom. The molecule has 0 amide bonds. The van der Waals surface area contributed by atoms with Crippen LogP contribution in [0.25, 0.3) is 0 Å². The average molecular weight is 579 g/mol. The summed E-state index contributed by atoms with van der Waals surface area (Å²) in [5, 5.41) is -0.172. The first kappa shape index (κ1) is 38.2. The van der Waals surface area contributed by atoms with Gasteiger partial charge in [0.15, 0.2) is 0 Å². The maximum atomic E-state index is 6.90. The second-order valence-electron chi connectivity index (χ2n) is 13.5. The van der Waals surface area contributed by atoms with Crippen molar-refractivity contribution in [2.75, 3.05) is 39.6 Å². The minimum absolute atomic E-state index is 0.172. The predicted octanol–water partition coefficient (Wildman–Crippen LogP) is 8.39. The summed E-state index contributed by atoms with van der Waals surface area (Å²) in [4.78, 5) is 0. The highest BCUT2D eigenvalue weighted by Crippen LogP contribution is 2.42. The van der Waals surface area contributed by atoms with E-state index in [1.165, 1.54) is 0 Å². The molecule has 0 atom stereocenters. The van der Waals surface area contributed by atoms with Gasteiger partial charge in [-0.05, 0) is 41.9 Å². The molecule has 0 aromatic carbocycles. The lowest BCUT2D eigenvalue weighted by atomic mass is 10.2. The Bertz CT molecular complexity index is 462. The number of rotatable bonds is 24. The molecule has 0 bridgehead atoms. The van der Waals surface area contributed by atoms with Crippen LogP contribution in [0.15, 0.2) is 0 Å². The molecule has 0 aliphatic heterocycles. The van der Waals surface area contributed by atoms with E-state index in [-0.39, 0.29) is 5.16 Å². The molecule has 0 N–H and O–H groups in total. The third kappa shape index (κ3) is 15.8. The highest BCUT2D eigenvalue weighted by atomic mass is 28.5. The van der Waals surface area contributed by atoms with Gasteiger partial charge in [0.2, 0.25) is 0 Å². The van der Waals surface area contributed by atoms with Gasteiger partial charge in [0.25, 0.3) is 0 Å². The quantitative estimate of drug-likeness (QED) is 0.0847. The van der Waals surface area contributed by atoms with Crippen molar-refractivity contribution in [1.82, 2.24) is 0 Å². The second kappa shape index (κ2) is 20.1. The van der Waals surface area contributed by atoms with E-state index in [0.29, 0.717) is 75.1 Å². The molecule has 0 fully saturated rings. The van der Waals surface area contributed by atoms with Gasteiger partial charge in [0.05, 0.1) is 5.16 Å². The highest BCUT2D eigenvalue weighted by molar-refractivity contribution is 6.82. The van der Waals surface area contributed by atoms with E-state index in [2.05, 4.69) is 90.0 Å². The summed E-state index contributed by atoms with van der Waals surface area (Å²) in [6, 6.07) is 0. The van der Waals surface area contributed by atoms with Crippen LogP contribution >= 0.6 is 0 Å². The molecule has 0 radical (unpaired) electrons. The molecule has 0 aromatic rings. The van der Waals surface area contributed by atoms with Crippen LogP contribution in [0.2, 0.25) is 5.16 Å². The molecule has 0 aromatic heterocycles. The van der Waals surface area contributed by atoms with E-state index in [9.17, 15) is 0 Å². The minimum atomic E-state index is -3.33. The lowest BCUT2D eigenvalue weighted by Gasteiger charge is -2.44. The van der Waals surface area contributed by atoms with E-state index in [1.807, 2.05) is 0 Å². The van der Waals surface area contributed by atoms with Crippen LogP contribution in [0.1, 0.15) is 116 Å². The molecule has 0 spiro atoms. The number of unbranched alkanes of at least 4 members (excludes halogenated alkanes) is 2. The Morgan fingerprint density at radius 1 is 0.395 bits per heavy atom. The van der Waals surface area contributed by atoms with Gasteiger partial charge in [-0.2, -0.15) is 0 Å². The Morgan fingerprint density at radius 3 is 0.816 bits per heavy atom. The van der Waals surface area contributed by atoms with Crippen molar-refractivity contribution in [3.8, 4) is 0 Å². The van der Waals surface area contributed by atoms with Crippen LogP contribution < -0.4 is 0 Å². The molecule has 0 saturated carbocycles. The van der Waals surface area contributed by atoms with Gasteiger partial charge in [-0.15, -0.1) is 0 Å². The van der Waals surface area contributed by atoms with Gasteiger partial charge >= 0.3 is 17.6 Å². The van der Waals surface area contributed by atoms with Crippen molar-refractivity contribution in [1.29, 1.82) is 0 Å². The molecule has 8 heteroatoms. The van der Waals surface area contributed by atoms with Crippen molar-refractivity contribution in [3.05, 3.63) is 0 Å². The molecule has 0 rings (SSSR count). The Labute approximate surface area is 240 Å². The van der Waals surface area contributed by atoms with E-state index in [1.54, 1.807) is 0 Å². The molecule has 0 heterocycles. The van der Waals surface area contributed by atoms with Crippen molar-refractivity contribution < 1.29 is 26.6 Å². The van der Waals surface area contributed by atoms with Crippen molar-refractivity contribution >= 4 is 17.6 Å². The standard InChI is InChI=1S/C30H66O6Si2/c1-14-15-16-17-30(37(31-18-24(2)3,32-19-25(4)5)33-20-26(6)7)38(34-21-27(8)9,35-22-28(10)11)36-23-29(12)13/h24-30H,14-23H2,1-13H3. The van der Waals surface area contributed by atoms with Crippen LogP contribution in [0, 0.1) is 35.5 Å². The molecular formula is C30H66O6Si2. The summed E-state index contributed by atoms with van der Waals surface area (Å²) >= 11 is 0. The molecule has 0 saturated heterocycles. The lowest BCUT2D eigenvalue weighted by molar-refractivity contribution is 0.000627. The molecule has 0 aliphatic rings. The lowest BCUT2D eigenvalue weighted by Crippen LogP contribution is -2.65. The fraction of sp³-hybridized carbons (Fsp3) is 1.00. The minimum Gasteiger partial charge on any atom is -0.373 e. The second-order valence-corrected chi connectivity index (χ2v) is 19.6. The van der Waals surface area contributed by atoms with Gasteiger partial charge in [-0.3, -0.25) is 0 Å². The van der Waals surface area contributed by atoms with Crippen molar-refractivity contribution in [2.24, 2.45) is 35.5 Å². The van der Waals surface area contributed by atoms with Crippen LogP contribution in [0.5, 0.6) is 0 Å². The zero-order valence-electron chi connectivity index (χ0n) is 27.6. The van der Waals surface area contributed by atoms with E-state index < -0.39 is 17.6 Å². The Hall–Kier alpha value is 0.194. The summed E-state index contributed by atoms with van der Waals surface area (Å²) in [6.07, 6.45) is 4.15. The fourth-order valence-electron chi connectivity index (χ4n) is 3.72. The van der Waals surface area contributed by atoms with Crippen molar-refractivity contribution in [3.63, 3.8) is 0 Å². The fourth-order valence-corrected chi connectivity index (χ4v) is 13.2. The third-order valence-electron chi connectivity index (χ3n) is 5.66. The largest absolute Gasteiger partial charge is 0.508 e. The summed E-state index contributed by atoms with van der Waals surface area (Å²) in [7, 11) is -6.66. The Balaban J connectivity index is 7.08. The summed E-state index contributed by atoms with van der Waals surface area (Å²) in [6.45, 7) is 31.9.